The van der Waals surface area contributed by atoms with Gasteiger partial charge in [0.25, 0.3) is 5.91 Å². The van der Waals surface area contributed by atoms with Gasteiger partial charge < -0.3 is 15.5 Å². The first-order valence-electron chi connectivity index (χ1n) is 4.56. The first-order chi connectivity index (χ1) is 7.60. The summed E-state index contributed by atoms with van der Waals surface area (Å²) in [6, 6.07) is 2.30. The average Bonchev–Trinajstić information content (AvgIpc) is 2.29. The first-order valence-corrected chi connectivity index (χ1v) is 4.56. The number of halogens is 2. The molecule has 0 saturated carbocycles. The van der Waals surface area contributed by atoms with Crippen molar-refractivity contribution in [2.45, 2.75) is 6.04 Å². The molecule has 0 aliphatic rings. The maximum Gasteiger partial charge on any atom is 0.254 e. The average molecular weight is 231 g/mol. The normalized spacial score (nSPS) is 10.6. The predicted octanol–water partition coefficient (Wildman–Crippen LogP) is 0.0478. The van der Waals surface area contributed by atoms with E-state index >= 15 is 0 Å². The van der Waals surface area contributed by atoms with Crippen LogP contribution < -0.4 is 5.32 Å². The summed E-state index contributed by atoms with van der Waals surface area (Å²) in [5, 5.41) is 19.6. The SMILES string of the molecule is O=C(NC(CO)CO)c1cccc(F)c1F. The van der Waals surface area contributed by atoms with Crippen molar-refractivity contribution in [2.24, 2.45) is 0 Å². The third-order valence-corrected chi connectivity index (χ3v) is 1.97. The van der Waals surface area contributed by atoms with Crippen LogP contribution in [0.3, 0.4) is 0 Å². The molecule has 0 bridgehead atoms. The lowest BCUT2D eigenvalue weighted by atomic mass is 10.2. The van der Waals surface area contributed by atoms with Gasteiger partial charge in [0.2, 0.25) is 0 Å². The van der Waals surface area contributed by atoms with Crippen LogP contribution in [0.4, 0.5) is 8.78 Å². The van der Waals surface area contributed by atoms with Gasteiger partial charge in [-0.15, -0.1) is 0 Å². The Balaban J connectivity index is 2.84. The molecule has 0 aromatic heterocycles. The highest BCUT2D eigenvalue weighted by molar-refractivity contribution is 5.94. The molecule has 1 rings (SSSR count). The van der Waals surface area contributed by atoms with E-state index in [-0.39, 0.29) is 0 Å². The molecular weight excluding hydrogens is 220 g/mol. The summed E-state index contributed by atoms with van der Waals surface area (Å²) >= 11 is 0. The van der Waals surface area contributed by atoms with Gasteiger partial charge in [0.15, 0.2) is 11.6 Å². The lowest BCUT2D eigenvalue weighted by Gasteiger charge is -2.13. The minimum absolute atomic E-state index is 0.466. The maximum atomic E-state index is 13.1. The highest BCUT2D eigenvalue weighted by atomic mass is 19.2. The summed E-state index contributed by atoms with van der Waals surface area (Å²) in [6.07, 6.45) is 0. The number of rotatable bonds is 4. The van der Waals surface area contributed by atoms with Crippen LogP contribution in [-0.2, 0) is 0 Å². The molecule has 0 spiro atoms. The van der Waals surface area contributed by atoms with E-state index in [0.717, 1.165) is 12.1 Å². The van der Waals surface area contributed by atoms with Crippen LogP contribution in [0, 0.1) is 11.6 Å². The van der Waals surface area contributed by atoms with Gasteiger partial charge in [-0.3, -0.25) is 4.79 Å². The van der Waals surface area contributed by atoms with Crippen molar-refractivity contribution in [3.63, 3.8) is 0 Å². The van der Waals surface area contributed by atoms with Gasteiger partial charge in [-0.05, 0) is 12.1 Å². The Morgan fingerprint density at radius 1 is 1.31 bits per heavy atom. The summed E-state index contributed by atoms with van der Waals surface area (Å²) in [7, 11) is 0. The van der Waals surface area contributed by atoms with Crippen LogP contribution in [0.15, 0.2) is 18.2 Å². The summed E-state index contributed by atoms with van der Waals surface area (Å²) < 4.78 is 25.9. The predicted molar refractivity (Wildman–Crippen MR) is 51.8 cm³/mol. The van der Waals surface area contributed by atoms with E-state index in [1.807, 2.05) is 0 Å². The minimum atomic E-state index is -1.25. The Bertz CT molecular complexity index is 380. The Kier molecular flexibility index (Phi) is 4.33. The van der Waals surface area contributed by atoms with Gasteiger partial charge in [0, 0.05) is 0 Å². The fraction of sp³-hybridized carbons (Fsp3) is 0.300. The molecule has 1 amide bonds. The van der Waals surface area contributed by atoms with Gasteiger partial charge in [-0.2, -0.15) is 0 Å². The summed E-state index contributed by atoms with van der Waals surface area (Å²) in [4.78, 5) is 11.4. The lowest BCUT2D eigenvalue weighted by Crippen LogP contribution is -2.40. The standard InChI is InChI=1S/C10H11F2NO3/c11-8-3-1-2-7(9(8)12)10(16)13-6(4-14)5-15/h1-3,6,14-15H,4-5H2,(H,13,16). The summed E-state index contributed by atoms with van der Waals surface area (Å²) in [5.74, 6) is -3.27. The van der Waals surface area contributed by atoms with Crippen LogP contribution in [0.5, 0.6) is 0 Å². The van der Waals surface area contributed by atoms with E-state index in [0.29, 0.717) is 0 Å². The monoisotopic (exact) mass is 231 g/mol. The molecule has 16 heavy (non-hydrogen) atoms. The quantitative estimate of drug-likeness (QED) is 0.685. The Morgan fingerprint density at radius 2 is 1.94 bits per heavy atom. The second-order valence-corrected chi connectivity index (χ2v) is 3.14. The van der Waals surface area contributed by atoms with Gasteiger partial charge in [-0.25, -0.2) is 8.78 Å². The molecule has 1 aromatic rings. The number of hydrogen-bond donors (Lipinski definition) is 3. The largest absolute Gasteiger partial charge is 0.394 e. The number of amides is 1. The van der Waals surface area contributed by atoms with Crippen molar-refractivity contribution in [2.75, 3.05) is 13.2 Å². The minimum Gasteiger partial charge on any atom is -0.394 e. The number of hydrogen-bond acceptors (Lipinski definition) is 3. The number of benzene rings is 1. The van der Waals surface area contributed by atoms with Crippen molar-refractivity contribution in [1.29, 1.82) is 0 Å². The maximum absolute atomic E-state index is 13.1. The lowest BCUT2D eigenvalue weighted by molar-refractivity contribution is 0.0874. The van der Waals surface area contributed by atoms with Gasteiger partial charge in [0.1, 0.15) is 0 Å². The van der Waals surface area contributed by atoms with Crippen LogP contribution in [0.25, 0.3) is 0 Å². The molecule has 0 aliphatic heterocycles. The zero-order valence-electron chi connectivity index (χ0n) is 8.28. The summed E-state index contributed by atoms with van der Waals surface area (Å²) in [5.41, 5.74) is -0.466. The molecular formula is C10H11F2NO3. The van der Waals surface area contributed by atoms with Crippen LogP contribution >= 0.6 is 0 Å². The molecule has 3 N–H and O–H groups in total. The summed E-state index contributed by atoms with van der Waals surface area (Å²) in [6.45, 7) is -0.974. The van der Waals surface area contributed by atoms with Crippen LogP contribution in [0.2, 0.25) is 0 Å². The van der Waals surface area contributed by atoms with Crippen LogP contribution in [-0.4, -0.2) is 35.4 Å². The third-order valence-electron chi connectivity index (χ3n) is 1.97. The number of aliphatic hydroxyl groups excluding tert-OH is 2. The van der Waals surface area contributed by atoms with Gasteiger partial charge in [0.05, 0.1) is 24.8 Å². The smallest absolute Gasteiger partial charge is 0.254 e. The van der Waals surface area contributed by atoms with E-state index in [2.05, 4.69) is 5.32 Å². The van der Waals surface area contributed by atoms with E-state index in [1.54, 1.807) is 0 Å². The zero-order valence-corrected chi connectivity index (χ0v) is 8.28. The van der Waals surface area contributed by atoms with E-state index in [1.165, 1.54) is 6.07 Å². The molecule has 0 aliphatic carbocycles. The van der Waals surface area contributed by atoms with Crippen molar-refractivity contribution in [1.82, 2.24) is 5.32 Å². The number of aliphatic hydroxyl groups is 2. The topological polar surface area (TPSA) is 69.6 Å². The second-order valence-electron chi connectivity index (χ2n) is 3.14. The Labute approximate surface area is 90.5 Å². The molecule has 0 saturated heterocycles. The van der Waals surface area contributed by atoms with Crippen molar-refractivity contribution < 1.29 is 23.8 Å². The highest BCUT2D eigenvalue weighted by Crippen LogP contribution is 2.11. The Hall–Kier alpha value is -1.53. The van der Waals surface area contributed by atoms with E-state index in [9.17, 15) is 13.6 Å². The molecule has 0 atom stereocenters. The number of carbonyl (C=O) groups excluding carboxylic acids is 1. The molecule has 0 radical (unpaired) electrons. The van der Waals surface area contributed by atoms with E-state index in [4.69, 9.17) is 10.2 Å². The first kappa shape index (κ1) is 12.5. The molecule has 4 nitrogen and oxygen atoms in total. The van der Waals surface area contributed by atoms with Gasteiger partial charge >= 0.3 is 0 Å². The number of carbonyl (C=O) groups is 1. The fourth-order valence-electron chi connectivity index (χ4n) is 1.09. The van der Waals surface area contributed by atoms with Crippen molar-refractivity contribution in [3.05, 3.63) is 35.4 Å². The second kappa shape index (κ2) is 5.53. The van der Waals surface area contributed by atoms with Crippen molar-refractivity contribution in [3.8, 4) is 0 Å². The molecule has 6 heteroatoms. The fourth-order valence-corrected chi connectivity index (χ4v) is 1.09. The molecule has 0 fully saturated rings. The molecule has 0 unspecified atom stereocenters. The highest BCUT2D eigenvalue weighted by Gasteiger charge is 2.17. The molecule has 0 heterocycles. The molecule has 1 aromatic carbocycles. The zero-order chi connectivity index (χ0) is 12.1. The van der Waals surface area contributed by atoms with Crippen molar-refractivity contribution >= 4 is 5.91 Å². The molecule has 88 valence electrons. The van der Waals surface area contributed by atoms with Crippen LogP contribution in [0.1, 0.15) is 10.4 Å². The van der Waals surface area contributed by atoms with E-state index < -0.39 is 42.4 Å². The third kappa shape index (κ3) is 2.74. The van der Waals surface area contributed by atoms with Gasteiger partial charge in [-0.1, -0.05) is 6.07 Å². The Morgan fingerprint density at radius 3 is 2.50 bits per heavy atom. The number of nitrogens with one attached hydrogen (secondary N) is 1.